The summed E-state index contributed by atoms with van der Waals surface area (Å²) in [5.74, 6) is 0. The average Bonchev–Trinajstić information content (AvgIpc) is 3.80. The molecule has 0 aliphatic heterocycles. The summed E-state index contributed by atoms with van der Waals surface area (Å²) in [6, 6.07) is 94.2. The van der Waals surface area contributed by atoms with E-state index in [1.54, 1.807) is 0 Å². The van der Waals surface area contributed by atoms with Crippen LogP contribution in [0.2, 0.25) is 0 Å². The Labute approximate surface area is 395 Å². The Bertz CT molecular complexity index is 3670. The Hall–Kier alpha value is -8.50. The zero-order valence-corrected chi connectivity index (χ0v) is 37.5. The van der Waals surface area contributed by atoms with Crippen LogP contribution in [0.3, 0.4) is 0 Å². The second kappa shape index (κ2) is 17.5. The van der Waals surface area contributed by atoms with E-state index in [4.69, 9.17) is 0 Å². The first-order valence-corrected chi connectivity index (χ1v) is 23.6. The van der Waals surface area contributed by atoms with Crippen LogP contribution >= 0.6 is 11.3 Å². The fraction of sp³-hybridized carbons (Fsp3) is 0. The van der Waals surface area contributed by atoms with Crippen molar-refractivity contribution in [3.8, 4) is 55.6 Å². The largest absolute Gasteiger partial charge is 0.355 e. The SMILES string of the molecule is c1ccc(-c2ccc(-c3ccc(N(c4ccc(-c5cccc(Nc6ccccc6-c6ccccc6)c5)cc4)c4ccc(-c5cccc6c5sc5c7ccccc7ccc65)cc4)cc3)cc2)cc1. The van der Waals surface area contributed by atoms with Crippen LogP contribution in [0.4, 0.5) is 28.4 Å². The van der Waals surface area contributed by atoms with Gasteiger partial charge in [0, 0.05) is 54.2 Å². The number of nitrogens with one attached hydrogen (secondary N) is 1. The number of nitrogens with zero attached hydrogens (tertiary/aromatic N) is 1. The van der Waals surface area contributed by atoms with Gasteiger partial charge < -0.3 is 10.2 Å². The van der Waals surface area contributed by atoms with E-state index in [2.05, 4.69) is 271 Å². The zero-order valence-electron chi connectivity index (χ0n) is 36.7. The molecule has 3 heteroatoms. The molecule has 0 aliphatic rings. The lowest BCUT2D eigenvalue weighted by molar-refractivity contribution is 1.28. The number of rotatable bonds is 10. The molecule has 2 nitrogen and oxygen atoms in total. The molecule has 67 heavy (non-hydrogen) atoms. The van der Waals surface area contributed by atoms with Crippen LogP contribution in [0.15, 0.2) is 261 Å². The second-order valence-electron chi connectivity index (χ2n) is 17.0. The van der Waals surface area contributed by atoms with Gasteiger partial charge in [-0.25, -0.2) is 0 Å². The molecule has 0 saturated carbocycles. The van der Waals surface area contributed by atoms with Crippen LogP contribution < -0.4 is 10.2 Å². The predicted octanol–water partition coefficient (Wildman–Crippen LogP) is 18.8. The average molecular weight is 873 g/mol. The van der Waals surface area contributed by atoms with Gasteiger partial charge in [0.15, 0.2) is 0 Å². The van der Waals surface area contributed by atoms with E-state index in [0.29, 0.717) is 0 Å². The Balaban J connectivity index is 0.882. The number of para-hydroxylation sites is 1. The van der Waals surface area contributed by atoms with Crippen molar-refractivity contribution in [2.24, 2.45) is 0 Å². The van der Waals surface area contributed by atoms with E-state index >= 15 is 0 Å². The number of benzene rings is 11. The number of hydrogen-bond donors (Lipinski definition) is 1. The minimum Gasteiger partial charge on any atom is -0.355 e. The van der Waals surface area contributed by atoms with Crippen molar-refractivity contribution in [2.75, 3.05) is 10.2 Å². The van der Waals surface area contributed by atoms with Gasteiger partial charge in [-0.2, -0.15) is 0 Å². The van der Waals surface area contributed by atoms with E-state index in [1.165, 1.54) is 75.5 Å². The van der Waals surface area contributed by atoms with Gasteiger partial charge in [-0.15, -0.1) is 11.3 Å². The van der Waals surface area contributed by atoms with Gasteiger partial charge in [0.2, 0.25) is 0 Å². The molecule has 0 radical (unpaired) electrons. The van der Waals surface area contributed by atoms with Crippen LogP contribution in [0, 0.1) is 0 Å². The van der Waals surface area contributed by atoms with E-state index in [-0.39, 0.29) is 0 Å². The van der Waals surface area contributed by atoms with Gasteiger partial charge >= 0.3 is 0 Å². The van der Waals surface area contributed by atoms with Crippen LogP contribution in [0.5, 0.6) is 0 Å². The minimum absolute atomic E-state index is 1.04. The quantitative estimate of drug-likeness (QED) is 0.147. The molecule has 1 N–H and O–H groups in total. The molecule has 316 valence electrons. The van der Waals surface area contributed by atoms with Crippen LogP contribution in [0.1, 0.15) is 0 Å². The Kier molecular flexibility index (Phi) is 10.4. The van der Waals surface area contributed by atoms with Crippen LogP contribution in [-0.2, 0) is 0 Å². The molecule has 0 fully saturated rings. The molecular formula is C64H44N2S. The summed E-state index contributed by atoms with van der Waals surface area (Å²) in [4.78, 5) is 2.36. The van der Waals surface area contributed by atoms with Gasteiger partial charge in [-0.1, -0.05) is 206 Å². The van der Waals surface area contributed by atoms with Crippen molar-refractivity contribution >= 4 is 70.7 Å². The molecule has 12 rings (SSSR count). The lowest BCUT2D eigenvalue weighted by Crippen LogP contribution is -2.09. The third-order valence-electron chi connectivity index (χ3n) is 12.9. The highest BCUT2D eigenvalue weighted by Crippen LogP contribution is 2.44. The fourth-order valence-electron chi connectivity index (χ4n) is 9.48. The van der Waals surface area contributed by atoms with Gasteiger partial charge in [0.1, 0.15) is 0 Å². The third kappa shape index (κ3) is 7.82. The lowest BCUT2D eigenvalue weighted by atomic mass is 9.99. The van der Waals surface area contributed by atoms with E-state index in [9.17, 15) is 0 Å². The highest BCUT2D eigenvalue weighted by molar-refractivity contribution is 7.27. The van der Waals surface area contributed by atoms with Crippen molar-refractivity contribution in [1.29, 1.82) is 0 Å². The number of thiophene rings is 1. The van der Waals surface area contributed by atoms with E-state index < -0.39 is 0 Å². The van der Waals surface area contributed by atoms with Gasteiger partial charge in [-0.3, -0.25) is 0 Å². The summed E-state index contributed by atoms with van der Waals surface area (Å²) in [5.41, 5.74) is 17.3. The second-order valence-corrected chi connectivity index (χ2v) is 18.0. The van der Waals surface area contributed by atoms with Crippen molar-refractivity contribution < 1.29 is 0 Å². The first-order valence-electron chi connectivity index (χ1n) is 22.8. The monoisotopic (exact) mass is 872 g/mol. The molecule has 11 aromatic carbocycles. The minimum atomic E-state index is 1.04. The molecule has 1 aromatic heterocycles. The Morgan fingerprint density at radius 1 is 0.284 bits per heavy atom. The van der Waals surface area contributed by atoms with E-state index in [0.717, 1.165) is 39.6 Å². The molecule has 0 aliphatic carbocycles. The van der Waals surface area contributed by atoms with Crippen LogP contribution in [-0.4, -0.2) is 0 Å². The lowest BCUT2D eigenvalue weighted by Gasteiger charge is -2.26. The predicted molar refractivity (Wildman–Crippen MR) is 288 cm³/mol. The Morgan fingerprint density at radius 3 is 1.40 bits per heavy atom. The molecule has 12 aromatic rings. The maximum atomic E-state index is 3.71. The van der Waals surface area contributed by atoms with Gasteiger partial charge in [0.25, 0.3) is 0 Å². The number of hydrogen-bond acceptors (Lipinski definition) is 3. The summed E-state index contributed by atoms with van der Waals surface area (Å²) >= 11 is 1.90. The van der Waals surface area contributed by atoms with Gasteiger partial charge in [-0.05, 0) is 115 Å². The van der Waals surface area contributed by atoms with Crippen molar-refractivity contribution in [3.63, 3.8) is 0 Å². The molecule has 0 unspecified atom stereocenters. The molecule has 0 atom stereocenters. The highest BCUT2D eigenvalue weighted by atomic mass is 32.1. The normalized spacial score (nSPS) is 11.3. The molecule has 0 saturated heterocycles. The summed E-state index contributed by atoms with van der Waals surface area (Å²) in [6.45, 7) is 0. The molecule has 0 amide bonds. The standard InChI is InChI=1S/C64H44N2S/c1-3-13-44(14-4-1)45-25-27-46(28-26-45)47-29-36-54(37-30-47)66(56-40-33-51(34-41-56)59-22-12-23-60-61-42-35-50-17-7-8-21-58(50)64(61)67-63(59)60)55-38-31-48(32-39-55)52-18-11-19-53(43-52)65-62-24-10-9-20-57(62)49-15-5-2-6-16-49/h1-43,65H. The number of anilines is 5. The molecule has 1 heterocycles. The topological polar surface area (TPSA) is 15.3 Å². The zero-order chi connectivity index (χ0) is 44.5. The molecular weight excluding hydrogens is 829 g/mol. The third-order valence-corrected chi connectivity index (χ3v) is 14.2. The summed E-state index contributed by atoms with van der Waals surface area (Å²) in [6.07, 6.45) is 0. The van der Waals surface area contributed by atoms with Crippen molar-refractivity contribution in [2.45, 2.75) is 0 Å². The maximum Gasteiger partial charge on any atom is 0.0463 e. The summed E-state index contributed by atoms with van der Waals surface area (Å²) < 4.78 is 2.67. The first-order chi connectivity index (χ1) is 33.2. The van der Waals surface area contributed by atoms with Crippen molar-refractivity contribution in [3.05, 3.63) is 261 Å². The maximum absolute atomic E-state index is 3.71. The molecule has 0 spiro atoms. The summed E-state index contributed by atoms with van der Waals surface area (Å²) in [7, 11) is 0. The van der Waals surface area contributed by atoms with Crippen molar-refractivity contribution in [1.82, 2.24) is 0 Å². The highest BCUT2D eigenvalue weighted by Gasteiger charge is 2.17. The molecule has 0 bridgehead atoms. The fourth-order valence-corrected chi connectivity index (χ4v) is 10.8. The van der Waals surface area contributed by atoms with Crippen LogP contribution in [0.25, 0.3) is 86.6 Å². The van der Waals surface area contributed by atoms with Gasteiger partial charge in [0.05, 0.1) is 0 Å². The number of fused-ring (bicyclic) bond motifs is 5. The smallest absolute Gasteiger partial charge is 0.0463 e. The summed E-state index contributed by atoms with van der Waals surface area (Å²) in [5, 5.41) is 8.93. The van der Waals surface area contributed by atoms with E-state index in [1.807, 2.05) is 11.3 Å². The first kappa shape index (κ1) is 40.0. The Morgan fingerprint density at radius 2 is 0.731 bits per heavy atom.